The SMILES string of the molecule is CCc1ccc(-c2cc(N)ccc2C)o1. The van der Waals surface area contributed by atoms with Gasteiger partial charge in [-0.15, -0.1) is 0 Å². The van der Waals surface area contributed by atoms with Crippen LogP contribution in [0.15, 0.2) is 34.7 Å². The normalized spacial score (nSPS) is 10.5. The number of nitrogen functional groups attached to an aromatic ring is 1. The molecule has 0 saturated heterocycles. The molecule has 0 unspecified atom stereocenters. The molecule has 1 aromatic carbocycles. The topological polar surface area (TPSA) is 39.2 Å². The van der Waals surface area contributed by atoms with Crippen LogP contribution in [0, 0.1) is 6.92 Å². The van der Waals surface area contributed by atoms with Gasteiger partial charge in [-0.1, -0.05) is 13.0 Å². The van der Waals surface area contributed by atoms with E-state index in [2.05, 4.69) is 13.8 Å². The lowest BCUT2D eigenvalue weighted by Crippen LogP contribution is -1.87. The van der Waals surface area contributed by atoms with Gasteiger partial charge in [0, 0.05) is 17.7 Å². The van der Waals surface area contributed by atoms with E-state index in [-0.39, 0.29) is 0 Å². The van der Waals surface area contributed by atoms with Gasteiger partial charge in [0.05, 0.1) is 0 Å². The second kappa shape index (κ2) is 3.81. The smallest absolute Gasteiger partial charge is 0.134 e. The van der Waals surface area contributed by atoms with Crippen molar-refractivity contribution in [3.05, 3.63) is 41.7 Å². The Balaban J connectivity index is 2.48. The number of hydrogen-bond donors (Lipinski definition) is 1. The number of nitrogens with two attached hydrogens (primary N) is 1. The zero-order chi connectivity index (χ0) is 10.8. The van der Waals surface area contributed by atoms with Crippen LogP contribution in [0.3, 0.4) is 0 Å². The Morgan fingerprint density at radius 1 is 1.20 bits per heavy atom. The third-order valence-electron chi connectivity index (χ3n) is 2.54. The Morgan fingerprint density at radius 2 is 2.00 bits per heavy atom. The Morgan fingerprint density at radius 3 is 2.67 bits per heavy atom. The highest BCUT2D eigenvalue weighted by atomic mass is 16.3. The summed E-state index contributed by atoms with van der Waals surface area (Å²) in [6.07, 6.45) is 0.918. The number of furan rings is 1. The average Bonchev–Trinajstić information content (AvgIpc) is 2.70. The van der Waals surface area contributed by atoms with Gasteiger partial charge in [-0.05, 0) is 36.8 Å². The van der Waals surface area contributed by atoms with Crippen molar-refractivity contribution in [2.75, 3.05) is 5.73 Å². The molecule has 2 N–H and O–H groups in total. The van der Waals surface area contributed by atoms with E-state index in [1.807, 2.05) is 30.3 Å². The highest BCUT2D eigenvalue weighted by Crippen LogP contribution is 2.27. The van der Waals surface area contributed by atoms with Crippen molar-refractivity contribution in [2.45, 2.75) is 20.3 Å². The fourth-order valence-corrected chi connectivity index (χ4v) is 1.62. The summed E-state index contributed by atoms with van der Waals surface area (Å²) in [4.78, 5) is 0. The molecule has 0 aliphatic heterocycles. The van der Waals surface area contributed by atoms with Crippen LogP contribution in [0.5, 0.6) is 0 Å². The molecule has 0 amide bonds. The van der Waals surface area contributed by atoms with Crippen LogP contribution in [-0.2, 0) is 6.42 Å². The lowest BCUT2D eigenvalue weighted by molar-refractivity contribution is 0.529. The Kier molecular flexibility index (Phi) is 2.50. The summed E-state index contributed by atoms with van der Waals surface area (Å²) in [6.45, 7) is 4.14. The molecule has 2 rings (SSSR count). The van der Waals surface area contributed by atoms with E-state index in [1.165, 1.54) is 5.56 Å². The third-order valence-corrected chi connectivity index (χ3v) is 2.54. The molecule has 0 spiro atoms. The average molecular weight is 201 g/mol. The van der Waals surface area contributed by atoms with Crippen LogP contribution in [0.1, 0.15) is 18.2 Å². The van der Waals surface area contributed by atoms with Gasteiger partial charge in [0.15, 0.2) is 0 Å². The predicted octanol–water partition coefficient (Wildman–Crippen LogP) is 3.40. The van der Waals surface area contributed by atoms with Gasteiger partial charge in [0.25, 0.3) is 0 Å². The van der Waals surface area contributed by atoms with E-state index < -0.39 is 0 Å². The monoisotopic (exact) mass is 201 g/mol. The predicted molar refractivity (Wildman–Crippen MR) is 62.7 cm³/mol. The maximum absolute atomic E-state index is 5.76. The molecular formula is C13H15NO. The molecule has 0 aliphatic carbocycles. The van der Waals surface area contributed by atoms with Gasteiger partial charge in [0.1, 0.15) is 11.5 Å². The molecule has 0 saturated carbocycles. The van der Waals surface area contributed by atoms with E-state index in [1.54, 1.807) is 0 Å². The number of benzene rings is 1. The second-order valence-electron chi connectivity index (χ2n) is 3.69. The summed E-state index contributed by atoms with van der Waals surface area (Å²) in [6, 6.07) is 9.88. The maximum atomic E-state index is 5.76. The molecule has 0 atom stereocenters. The van der Waals surface area contributed by atoms with E-state index in [0.29, 0.717) is 0 Å². The molecule has 15 heavy (non-hydrogen) atoms. The molecule has 0 fully saturated rings. The molecule has 2 aromatic rings. The molecular weight excluding hydrogens is 186 g/mol. The van der Waals surface area contributed by atoms with Crippen molar-refractivity contribution in [2.24, 2.45) is 0 Å². The van der Waals surface area contributed by atoms with Crippen molar-refractivity contribution < 1.29 is 4.42 Å². The van der Waals surface area contributed by atoms with Gasteiger partial charge in [-0.3, -0.25) is 0 Å². The summed E-state index contributed by atoms with van der Waals surface area (Å²) in [5, 5.41) is 0. The minimum atomic E-state index is 0.769. The molecule has 0 radical (unpaired) electrons. The summed E-state index contributed by atoms with van der Waals surface area (Å²) in [5.41, 5.74) is 8.79. The fraction of sp³-hybridized carbons (Fsp3) is 0.231. The number of anilines is 1. The van der Waals surface area contributed by atoms with Crippen molar-refractivity contribution in [1.82, 2.24) is 0 Å². The molecule has 1 aromatic heterocycles. The van der Waals surface area contributed by atoms with Crippen molar-refractivity contribution >= 4 is 5.69 Å². The van der Waals surface area contributed by atoms with Crippen LogP contribution in [0.2, 0.25) is 0 Å². The van der Waals surface area contributed by atoms with E-state index in [4.69, 9.17) is 10.2 Å². The lowest BCUT2D eigenvalue weighted by atomic mass is 10.1. The van der Waals surface area contributed by atoms with Crippen LogP contribution < -0.4 is 5.73 Å². The Bertz CT molecular complexity index is 471. The largest absolute Gasteiger partial charge is 0.461 e. The Labute approximate surface area is 89.7 Å². The zero-order valence-corrected chi connectivity index (χ0v) is 9.08. The quantitative estimate of drug-likeness (QED) is 0.756. The van der Waals surface area contributed by atoms with Crippen LogP contribution >= 0.6 is 0 Å². The van der Waals surface area contributed by atoms with Gasteiger partial charge in [-0.25, -0.2) is 0 Å². The molecule has 2 heteroatoms. The van der Waals surface area contributed by atoms with Crippen molar-refractivity contribution in [3.63, 3.8) is 0 Å². The van der Waals surface area contributed by atoms with Crippen molar-refractivity contribution in [1.29, 1.82) is 0 Å². The van der Waals surface area contributed by atoms with E-state index in [0.717, 1.165) is 29.2 Å². The first-order valence-corrected chi connectivity index (χ1v) is 5.16. The minimum absolute atomic E-state index is 0.769. The van der Waals surface area contributed by atoms with E-state index in [9.17, 15) is 0 Å². The number of hydrogen-bond acceptors (Lipinski definition) is 2. The van der Waals surface area contributed by atoms with Crippen LogP contribution in [0.4, 0.5) is 5.69 Å². The summed E-state index contributed by atoms with van der Waals surface area (Å²) < 4.78 is 5.70. The summed E-state index contributed by atoms with van der Waals surface area (Å²) in [7, 11) is 0. The molecule has 0 bridgehead atoms. The standard InChI is InChI=1S/C13H15NO/c1-3-11-6-7-13(15-11)12-8-10(14)5-4-9(12)2/h4-8H,3,14H2,1-2H3. The fourth-order valence-electron chi connectivity index (χ4n) is 1.62. The third kappa shape index (κ3) is 1.89. The van der Waals surface area contributed by atoms with Gasteiger partial charge >= 0.3 is 0 Å². The first kappa shape index (κ1) is 9.84. The first-order chi connectivity index (χ1) is 7.20. The molecule has 1 heterocycles. The Hall–Kier alpha value is -1.70. The zero-order valence-electron chi connectivity index (χ0n) is 9.08. The molecule has 78 valence electrons. The summed E-state index contributed by atoms with van der Waals surface area (Å²) >= 11 is 0. The lowest BCUT2D eigenvalue weighted by Gasteiger charge is -2.03. The van der Waals surface area contributed by atoms with E-state index >= 15 is 0 Å². The second-order valence-corrected chi connectivity index (χ2v) is 3.69. The highest BCUT2D eigenvalue weighted by molar-refractivity contribution is 5.66. The number of rotatable bonds is 2. The van der Waals surface area contributed by atoms with Crippen LogP contribution in [0.25, 0.3) is 11.3 Å². The number of aryl methyl sites for hydroxylation is 2. The van der Waals surface area contributed by atoms with Gasteiger partial charge < -0.3 is 10.2 Å². The van der Waals surface area contributed by atoms with Crippen LogP contribution in [-0.4, -0.2) is 0 Å². The highest BCUT2D eigenvalue weighted by Gasteiger charge is 2.06. The summed E-state index contributed by atoms with van der Waals surface area (Å²) in [5.74, 6) is 1.91. The van der Waals surface area contributed by atoms with Gasteiger partial charge in [-0.2, -0.15) is 0 Å². The molecule has 0 aliphatic rings. The first-order valence-electron chi connectivity index (χ1n) is 5.16. The molecule has 2 nitrogen and oxygen atoms in total. The van der Waals surface area contributed by atoms with Gasteiger partial charge in [0.2, 0.25) is 0 Å². The minimum Gasteiger partial charge on any atom is -0.461 e. The maximum Gasteiger partial charge on any atom is 0.134 e. The van der Waals surface area contributed by atoms with Crippen molar-refractivity contribution in [3.8, 4) is 11.3 Å².